The molecule has 0 saturated carbocycles. The predicted octanol–water partition coefficient (Wildman–Crippen LogP) is 6.27. The largest absolute Gasteiger partial charge is 0.508 e. The fourth-order valence-electron chi connectivity index (χ4n) is 4.42. The molecule has 2 heterocycles. The van der Waals surface area contributed by atoms with Gasteiger partial charge in [-0.1, -0.05) is 29.9 Å². The van der Waals surface area contributed by atoms with Gasteiger partial charge >= 0.3 is 0 Å². The summed E-state index contributed by atoms with van der Waals surface area (Å²) < 4.78 is 12.7. The topological polar surface area (TPSA) is 76.0 Å². The van der Waals surface area contributed by atoms with Crippen molar-refractivity contribution in [3.05, 3.63) is 82.0 Å². The van der Waals surface area contributed by atoms with Crippen molar-refractivity contribution in [2.75, 3.05) is 0 Å². The van der Waals surface area contributed by atoms with Gasteiger partial charge in [0.25, 0.3) is 0 Å². The summed E-state index contributed by atoms with van der Waals surface area (Å²) in [5.41, 5.74) is 4.99. The number of carbonyl (C=O) groups excluding carboxylic acids is 1. The number of hydrogen-bond donors (Lipinski definition) is 2. The van der Waals surface area contributed by atoms with Gasteiger partial charge in [0.05, 0.1) is 18.1 Å². The number of benzene rings is 2. The Hall–Kier alpha value is -3.31. The zero-order chi connectivity index (χ0) is 25.5. The number of allylic oxidation sites excluding steroid dienone is 2. The van der Waals surface area contributed by atoms with E-state index >= 15 is 0 Å². The molecule has 4 rings (SSSR count). The van der Waals surface area contributed by atoms with Gasteiger partial charge in [0, 0.05) is 17.5 Å². The first-order valence-electron chi connectivity index (χ1n) is 12.0. The van der Waals surface area contributed by atoms with Gasteiger partial charge in [-0.2, -0.15) is 0 Å². The van der Waals surface area contributed by atoms with Crippen LogP contribution in [0.1, 0.15) is 79.8 Å². The highest BCUT2D eigenvalue weighted by Gasteiger charge is 2.33. The maximum atomic E-state index is 13.1. The highest BCUT2D eigenvalue weighted by molar-refractivity contribution is 6.00. The van der Waals surface area contributed by atoms with Gasteiger partial charge in [0.15, 0.2) is 5.78 Å². The molecule has 2 atom stereocenters. The summed E-state index contributed by atoms with van der Waals surface area (Å²) in [5.74, 6) is 1.26. The van der Waals surface area contributed by atoms with Gasteiger partial charge in [-0.25, -0.2) is 0 Å². The minimum atomic E-state index is -0.714. The molecule has 0 saturated heterocycles. The maximum absolute atomic E-state index is 13.1. The molecule has 0 spiro atoms. The summed E-state index contributed by atoms with van der Waals surface area (Å²) in [5, 5.41) is 21.1. The molecule has 2 N–H and O–H groups in total. The monoisotopic (exact) mass is 474 g/mol. The number of carbonyl (C=O) groups is 1. The molecule has 2 unspecified atom stereocenters. The van der Waals surface area contributed by atoms with Crippen molar-refractivity contribution in [3.8, 4) is 17.2 Å². The van der Waals surface area contributed by atoms with Crippen molar-refractivity contribution in [3.63, 3.8) is 0 Å². The number of Topliss-reactive ketones (excluding diaryl/α,β-unsaturated/α-hetero) is 1. The van der Waals surface area contributed by atoms with Gasteiger partial charge < -0.3 is 19.7 Å². The fourth-order valence-corrected chi connectivity index (χ4v) is 4.42. The first-order chi connectivity index (χ1) is 16.4. The van der Waals surface area contributed by atoms with E-state index in [1.54, 1.807) is 19.1 Å². The lowest BCUT2D eigenvalue weighted by molar-refractivity contribution is 0.0847. The van der Waals surface area contributed by atoms with E-state index in [4.69, 9.17) is 9.47 Å². The van der Waals surface area contributed by atoms with Crippen LogP contribution in [-0.4, -0.2) is 27.7 Å². The summed E-state index contributed by atoms with van der Waals surface area (Å²) in [6, 6.07) is 7.14. The van der Waals surface area contributed by atoms with Crippen molar-refractivity contribution in [2.45, 2.75) is 71.7 Å². The van der Waals surface area contributed by atoms with E-state index in [0.717, 1.165) is 28.0 Å². The van der Waals surface area contributed by atoms with Crippen molar-refractivity contribution in [2.24, 2.45) is 0 Å². The number of ketones is 1. The Bertz CT molecular complexity index is 1240. The van der Waals surface area contributed by atoms with Crippen molar-refractivity contribution in [1.29, 1.82) is 0 Å². The Morgan fingerprint density at radius 3 is 2.66 bits per heavy atom. The molecule has 0 radical (unpaired) electrons. The Morgan fingerprint density at radius 1 is 1.23 bits per heavy atom. The molecule has 184 valence electrons. The SMILES string of the molecule is C=C(C)C(O)Cc1cc(C2CC(=O)c3ccc(O)c(CC=C(C)C)c3O2)cc2c1OC(C)(C)C=C2. The van der Waals surface area contributed by atoms with Crippen LogP contribution in [0.2, 0.25) is 0 Å². The Labute approximate surface area is 207 Å². The van der Waals surface area contributed by atoms with Gasteiger partial charge in [-0.3, -0.25) is 4.79 Å². The molecular formula is C30H34O5. The van der Waals surface area contributed by atoms with Gasteiger partial charge in [0.2, 0.25) is 0 Å². The lowest BCUT2D eigenvalue weighted by Gasteiger charge is -2.32. The number of aromatic hydroxyl groups is 1. The van der Waals surface area contributed by atoms with E-state index in [9.17, 15) is 15.0 Å². The molecule has 0 amide bonds. The standard InChI is InChI=1S/C30H34O5/c1-17(2)7-8-22-24(31)10-9-23-26(33)16-27(34-29(22)23)20-13-19-11-12-30(5,6)35-28(19)21(14-20)15-25(32)18(3)4/h7,9-14,25,27,31-32H,3,8,15-16H2,1-2,4-6H3. The number of hydrogen-bond acceptors (Lipinski definition) is 5. The van der Waals surface area contributed by atoms with Gasteiger partial charge in [-0.15, -0.1) is 0 Å². The molecule has 2 aromatic carbocycles. The van der Waals surface area contributed by atoms with E-state index in [1.165, 1.54) is 0 Å². The molecule has 0 fully saturated rings. The number of ether oxygens (including phenoxy) is 2. The summed E-state index contributed by atoms with van der Waals surface area (Å²) in [6.45, 7) is 13.6. The van der Waals surface area contributed by atoms with Crippen LogP contribution in [0.5, 0.6) is 17.2 Å². The third-order valence-corrected chi connectivity index (χ3v) is 6.48. The molecule has 5 heteroatoms. The number of phenols is 1. The third kappa shape index (κ3) is 5.20. The first-order valence-corrected chi connectivity index (χ1v) is 12.0. The van der Waals surface area contributed by atoms with E-state index < -0.39 is 17.8 Å². The Balaban J connectivity index is 1.78. The zero-order valence-corrected chi connectivity index (χ0v) is 21.1. The lowest BCUT2D eigenvalue weighted by atomic mass is 9.89. The van der Waals surface area contributed by atoms with Crippen LogP contribution in [-0.2, 0) is 12.8 Å². The second-order valence-electron chi connectivity index (χ2n) is 10.4. The van der Waals surface area contributed by atoms with E-state index in [1.807, 2.05) is 58.1 Å². The zero-order valence-electron chi connectivity index (χ0n) is 21.1. The Morgan fingerprint density at radius 2 is 1.97 bits per heavy atom. The molecule has 2 aromatic rings. The van der Waals surface area contributed by atoms with Crippen LogP contribution in [0.15, 0.2) is 54.1 Å². The van der Waals surface area contributed by atoms with E-state index in [2.05, 4.69) is 6.58 Å². The smallest absolute Gasteiger partial charge is 0.170 e. The van der Waals surface area contributed by atoms with Crippen LogP contribution in [0.4, 0.5) is 0 Å². The third-order valence-electron chi connectivity index (χ3n) is 6.48. The van der Waals surface area contributed by atoms with Gasteiger partial charge in [0.1, 0.15) is 29.0 Å². The molecular weight excluding hydrogens is 440 g/mol. The maximum Gasteiger partial charge on any atom is 0.170 e. The molecule has 5 nitrogen and oxygen atoms in total. The van der Waals surface area contributed by atoms with Crippen molar-refractivity contribution in [1.82, 2.24) is 0 Å². The fraction of sp³-hybridized carbons (Fsp3) is 0.367. The molecule has 0 aliphatic carbocycles. The van der Waals surface area contributed by atoms with Crippen LogP contribution >= 0.6 is 0 Å². The molecule has 2 aliphatic heterocycles. The summed E-state index contributed by atoms with van der Waals surface area (Å²) in [7, 11) is 0. The van der Waals surface area contributed by atoms with E-state index in [-0.39, 0.29) is 18.0 Å². The number of aliphatic hydroxyl groups is 1. The van der Waals surface area contributed by atoms with Crippen LogP contribution < -0.4 is 9.47 Å². The number of phenolic OH excluding ortho intramolecular Hbond substituents is 1. The Kier molecular flexibility index (Phi) is 6.65. The van der Waals surface area contributed by atoms with Crippen LogP contribution in [0.25, 0.3) is 6.08 Å². The average molecular weight is 475 g/mol. The second-order valence-corrected chi connectivity index (χ2v) is 10.4. The summed E-state index contributed by atoms with van der Waals surface area (Å²) in [4.78, 5) is 13.1. The van der Waals surface area contributed by atoms with E-state index in [0.29, 0.717) is 35.3 Å². The highest BCUT2D eigenvalue weighted by Crippen LogP contribution is 2.43. The molecule has 0 aromatic heterocycles. The van der Waals surface area contributed by atoms with Gasteiger partial charge in [-0.05, 0) is 82.5 Å². The predicted molar refractivity (Wildman–Crippen MR) is 138 cm³/mol. The minimum Gasteiger partial charge on any atom is -0.508 e. The average Bonchev–Trinajstić information content (AvgIpc) is 2.77. The van der Waals surface area contributed by atoms with Crippen molar-refractivity contribution >= 4 is 11.9 Å². The molecule has 2 aliphatic rings. The highest BCUT2D eigenvalue weighted by atomic mass is 16.5. The van der Waals surface area contributed by atoms with Crippen LogP contribution in [0, 0.1) is 0 Å². The second kappa shape index (κ2) is 9.38. The number of fused-ring (bicyclic) bond motifs is 2. The summed E-state index contributed by atoms with van der Waals surface area (Å²) >= 11 is 0. The molecule has 35 heavy (non-hydrogen) atoms. The number of rotatable bonds is 6. The number of aliphatic hydroxyl groups excluding tert-OH is 1. The normalized spacial score (nSPS) is 18.6. The van der Waals surface area contributed by atoms with Crippen LogP contribution in [0.3, 0.4) is 0 Å². The quantitative estimate of drug-likeness (QED) is 0.483. The first kappa shape index (κ1) is 24.8. The van der Waals surface area contributed by atoms with Crippen molar-refractivity contribution < 1.29 is 24.5 Å². The summed E-state index contributed by atoms with van der Waals surface area (Å²) in [6.07, 6.45) is 5.80. The lowest BCUT2D eigenvalue weighted by Crippen LogP contribution is -2.29. The molecule has 0 bridgehead atoms. The minimum absolute atomic E-state index is 0.0242.